The maximum atomic E-state index is 12.7. The van der Waals surface area contributed by atoms with Crippen LogP contribution in [-0.2, 0) is 0 Å². The first-order chi connectivity index (χ1) is 10.6. The molecule has 0 saturated carbocycles. The number of nitrogens with zero attached hydrogens (tertiary/aromatic N) is 2. The zero-order valence-electron chi connectivity index (χ0n) is 13.0. The lowest BCUT2D eigenvalue weighted by atomic mass is 9.72. The molecule has 2 aromatic rings. The molecule has 3 fully saturated rings. The van der Waals surface area contributed by atoms with E-state index in [0.717, 1.165) is 23.2 Å². The van der Waals surface area contributed by atoms with Crippen LogP contribution in [0.25, 0.3) is 10.1 Å². The number of fused-ring (bicyclic) bond motifs is 4. The van der Waals surface area contributed by atoms with Crippen molar-refractivity contribution in [3.8, 4) is 0 Å². The molecule has 3 saturated heterocycles. The highest BCUT2D eigenvalue weighted by Crippen LogP contribution is 2.39. The molecule has 5 rings (SSSR count). The van der Waals surface area contributed by atoms with Gasteiger partial charge in [-0.25, -0.2) is 0 Å². The Balaban J connectivity index is 1.58. The minimum Gasteiger partial charge on any atom is -0.346 e. The lowest BCUT2D eigenvalue weighted by Gasteiger charge is -2.56. The summed E-state index contributed by atoms with van der Waals surface area (Å²) < 4.78 is 1.12. The van der Waals surface area contributed by atoms with Gasteiger partial charge in [0.25, 0.3) is 5.91 Å². The third-order valence-electron chi connectivity index (χ3n) is 5.44. The predicted molar refractivity (Wildman–Crippen MR) is 89.3 cm³/mol. The quantitative estimate of drug-likeness (QED) is 0.927. The van der Waals surface area contributed by atoms with Gasteiger partial charge < -0.3 is 5.32 Å². The van der Waals surface area contributed by atoms with Gasteiger partial charge in [-0.15, -0.1) is 11.3 Å². The summed E-state index contributed by atoms with van der Waals surface area (Å²) in [5.41, 5.74) is 0.561. The fraction of sp³-hybridized carbons (Fsp3) is 0.529. The van der Waals surface area contributed by atoms with Crippen LogP contribution in [0.1, 0.15) is 37.2 Å². The van der Waals surface area contributed by atoms with E-state index in [1.807, 2.05) is 17.5 Å². The first kappa shape index (κ1) is 14.2. The second-order valence-electron chi connectivity index (χ2n) is 6.96. The molecule has 22 heavy (non-hydrogen) atoms. The number of hydrogen-bond acceptors (Lipinski definition) is 4. The smallest absolute Gasteiger partial charge is 0.270 e. The number of piperidine rings is 3. The number of thiophene rings is 1. The highest BCUT2D eigenvalue weighted by Gasteiger charge is 2.48. The van der Waals surface area contributed by atoms with Gasteiger partial charge in [-0.3, -0.25) is 14.7 Å². The van der Waals surface area contributed by atoms with Gasteiger partial charge in [0.2, 0.25) is 0 Å². The summed E-state index contributed by atoms with van der Waals surface area (Å²) >= 11 is 1.65. The summed E-state index contributed by atoms with van der Waals surface area (Å²) in [5.74, 6) is 0.552. The van der Waals surface area contributed by atoms with Crippen LogP contribution in [0.2, 0.25) is 0 Å². The first-order valence-corrected chi connectivity index (χ1v) is 8.83. The van der Waals surface area contributed by atoms with Crippen molar-refractivity contribution in [3.63, 3.8) is 0 Å². The summed E-state index contributed by atoms with van der Waals surface area (Å²) in [4.78, 5) is 19.5. The molecule has 3 aliphatic heterocycles. The summed E-state index contributed by atoms with van der Waals surface area (Å²) in [5, 5.41) is 6.41. The van der Waals surface area contributed by atoms with E-state index >= 15 is 0 Å². The molecule has 0 spiro atoms. The molecule has 4 nitrogen and oxygen atoms in total. The van der Waals surface area contributed by atoms with Gasteiger partial charge in [0, 0.05) is 27.9 Å². The van der Waals surface area contributed by atoms with E-state index in [-0.39, 0.29) is 17.5 Å². The van der Waals surface area contributed by atoms with E-state index in [9.17, 15) is 4.79 Å². The summed E-state index contributed by atoms with van der Waals surface area (Å²) in [6.45, 7) is 6.81. The number of carbonyl (C=O) groups is 1. The molecule has 0 unspecified atom stereocenters. The number of amides is 1. The summed E-state index contributed by atoms with van der Waals surface area (Å²) in [6.07, 6.45) is 4.17. The van der Waals surface area contributed by atoms with Gasteiger partial charge in [-0.1, -0.05) is 0 Å². The molecule has 0 aliphatic carbocycles. The fourth-order valence-corrected chi connectivity index (χ4v) is 4.87. The minimum atomic E-state index is -0.0397. The molecule has 5 heterocycles. The van der Waals surface area contributed by atoms with Crippen LogP contribution < -0.4 is 5.32 Å². The van der Waals surface area contributed by atoms with Crippen molar-refractivity contribution in [2.24, 2.45) is 5.92 Å². The molecule has 0 aromatic carbocycles. The zero-order chi connectivity index (χ0) is 15.3. The number of aromatic nitrogens is 1. The number of hydrogen-bond donors (Lipinski definition) is 1. The molecule has 116 valence electrons. The van der Waals surface area contributed by atoms with Crippen molar-refractivity contribution >= 4 is 27.3 Å². The SMILES string of the molecule is CC1(C)[C@@H](NC(=O)c2cc3sccc3cn2)C2CCN1CC2. The van der Waals surface area contributed by atoms with E-state index in [2.05, 4.69) is 29.0 Å². The highest BCUT2D eigenvalue weighted by molar-refractivity contribution is 7.17. The van der Waals surface area contributed by atoms with Crippen molar-refractivity contribution in [2.75, 3.05) is 13.1 Å². The molecule has 5 heteroatoms. The molecule has 1 amide bonds. The van der Waals surface area contributed by atoms with Gasteiger partial charge >= 0.3 is 0 Å². The summed E-state index contributed by atoms with van der Waals surface area (Å²) in [6, 6.07) is 4.15. The molecule has 1 atom stereocenters. The lowest BCUT2D eigenvalue weighted by molar-refractivity contribution is -0.0378. The maximum Gasteiger partial charge on any atom is 0.270 e. The standard InChI is InChI=1S/C17H21N3OS/c1-17(2)15(11-3-6-20(17)7-4-11)19-16(21)13-9-14-12(10-18-13)5-8-22-14/h5,8-11,15H,3-4,6-7H2,1-2H3,(H,19,21)/t15-/m0/s1. The Hall–Kier alpha value is -1.46. The van der Waals surface area contributed by atoms with Gasteiger partial charge in [-0.2, -0.15) is 0 Å². The zero-order valence-corrected chi connectivity index (χ0v) is 13.8. The van der Waals surface area contributed by atoms with E-state index in [1.54, 1.807) is 17.5 Å². The van der Waals surface area contributed by atoms with Crippen LogP contribution in [0, 0.1) is 5.92 Å². The number of nitrogens with one attached hydrogen (secondary N) is 1. The molecule has 2 bridgehead atoms. The monoisotopic (exact) mass is 315 g/mol. The number of pyridine rings is 1. The van der Waals surface area contributed by atoms with Gasteiger partial charge in [0.05, 0.1) is 0 Å². The van der Waals surface area contributed by atoms with E-state index < -0.39 is 0 Å². The second-order valence-corrected chi connectivity index (χ2v) is 7.90. The molecule has 2 aromatic heterocycles. The molecule has 0 radical (unpaired) electrons. The minimum absolute atomic E-state index is 0.0316. The van der Waals surface area contributed by atoms with Crippen LogP contribution in [0.3, 0.4) is 0 Å². The molecule has 1 N–H and O–H groups in total. The average Bonchev–Trinajstić information content (AvgIpc) is 2.98. The predicted octanol–water partition coefficient (Wildman–Crippen LogP) is 2.90. The largest absolute Gasteiger partial charge is 0.346 e. The van der Waals surface area contributed by atoms with E-state index in [4.69, 9.17) is 0 Å². The number of carbonyl (C=O) groups excluding carboxylic acids is 1. The van der Waals surface area contributed by atoms with Gasteiger partial charge in [0.1, 0.15) is 5.69 Å². The Morgan fingerprint density at radius 3 is 2.91 bits per heavy atom. The van der Waals surface area contributed by atoms with Crippen molar-refractivity contribution < 1.29 is 4.79 Å². The maximum absolute atomic E-state index is 12.7. The Bertz CT molecular complexity index is 716. The van der Waals surface area contributed by atoms with Gasteiger partial charge in [-0.05, 0) is 63.2 Å². The fourth-order valence-electron chi connectivity index (χ4n) is 4.07. The summed E-state index contributed by atoms with van der Waals surface area (Å²) in [7, 11) is 0. The van der Waals surface area contributed by atoms with Crippen LogP contribution in [0.4, 0.5) is 0 Å². The van der Waals surface area contributed by atoms with Crippen molar-refractivity contribution in [1.29, 1.82) is 0 Å². The van der Waals surface area contributed by atoms with Crippen molar-refractivity contribution in [2.45, 2.75) is 38.3 Å². The first-order valence-electron chi connectivity index (χ1n) is 7.95. The Morgan fingerprint density at radius 1 is 1.41 bits per heavy atom. The van der Waals surface area contributed by atoms with E-state index in [1.165, 1.54) is 12.8 Å². The van der Waals surface area contributed by atoms with E-state index in [0.29, 0.717) is 11.6 Å². The topological polar surface area (TPSA) is 45.2 Å². The number of rotatable bonds is 2. The second kappa shape index (κ2) is 5.03. The third kappa shape index (κ3) is 2.15. The normalized spacial score (nSPS) is 29.6. The van der Waals surface area contributed by atoms with Gasteiger partial charge in [0.15, 0.2) is 0 Å². The lowest BCUT2D eigenvalue weighted by Crippen LogP contribution is -2.69. The molecular formula is C17H21N3OS. The molecule has 3 aliphatic rings. The Morgan fingerprint density at radius 2 is 2.18 bits per heavy atom. The van der Waals surface area contributed by atoms with Crippen molar-refractivity contribution in [1.82, 2.24) is 15.2 Å². The van der Waals surface area contributed by atoms with Crippen LogP contribution in [0.15, 0.2) is 23.7 Å². The Labute approximate surface area is 134 Å². The molecular weight excluding hydrogens is 294 g/mol. The highest BCUT2D eigenvalue weighted by atomic mass is 32.1. The van der Waals surface area contributed by atoms with Crippen LogP contribution in [-0.4, -0.2) is 40.5 Å². The third-order valence-corrected chi connectivity index (χ3v) is 6.32. The van der Waals surface area contributed by atoms with Crippen LogP contribution >= 0.6 is 11.3 Å². The van der Waals surface area contributed by atoms with Crippen LogP contribution in [0.5, 0.6) is 0 Å². The average molecular weight is 315 g/mol. The Kier molecular flexibility index (Phi) is 3.24. The van der Waals surface area contributed by atoms with Crippen molar-refractivity contribution in [3.05, 3.63) is 29.4 Å².